The molecule has 2 saturated heterocycles. The Hall–Kier alpha value is -1.39. The van der Waals surface area contributed by atoms with E-state index in [-0.39, 0.29) is 5.41 Å². The number of hydrogen-bond donors (Lipinski definition) is 0. The molecule has 1 amide bonds. The fraction of sp³-hybridized carbons (Fsp3) is 0.682. The van der Waals surface area contributed by atoms with Crippen LogP contribution < -0.4 is 0 Å². The maximum Gasteiger partial charge on any atom is 0.233 e. The molecule has 4 fully saturated rings. The lowest BCUT2D eigenvalue weighted by atomic mass is 9.91. The molecular formula is C22H30N2O2. The number of rotatable bonds is 6. The van der Waals surface area contributed by atoms with Gasteiger partial charge >= 0.3 is 0 Å². The molecule has 0 bridgehead atoms. The number of hydrogen-bond acceptors (Lipinski definition) is 3. The molecule has 4 aliphatic rings. The quantitative estimate of drug-likeness (QED) is 0.787. The molecular weight excluding hydrogens is 324 g/mol. The second-order valence-corrected chi connectivity index (χ2v) is 8.80. The van der Waals surface area contributed by atoms with Crippen molar-refractivity contribution < 1.29 is 9.53 Å². The summed E-state index contributed by atoms with van der Waals surface area (Å²) in [6, 6.07) is 11.6. The lowest BCUT2D eigenvalue weighted by Crippen LogP contribution is -2.65. The van der Waals surface area contributed by atoms with E-state index in [1.807, 2.05) is 6.07 Å². The van der Waals surface area contributed by atoms with Crippen molar-refractivity contribution in [2.45, 2.75) is 56.0 Å². The van der Waals surface area contributed by atoms with Crippen molar-refractivity contribution in [3.63, 3.8) is 0 Å². The molecule has 0 atom stereocenters. The Kier molecular flexibility index (Phi) is 4.29. The van der Waals surface area contributed by atoms with Gasteiger partial charge in [-0.15, -0.1) is 0 Å². The molecule has 0 spiro atoms. The SMILES string of the molecule is O=C(N1CC(N(CC2CC2)C2CCOCC2)C1)C1(c2ccccc2)CC1. The lowest BCUT2D eigenvalue weighted by Gasteiger charge is -2.50. The van der Waals surface area contributed by atoms with Crippen LogP contribution in [0.3, 0.4) is 0 Å². The first-order valence-electron chi connectivity index (χ1n) is 10.4. The van der Waals surface area contributed by atoms with E-state index in [4.69, 9.17) is 4.74 Å². The minimum Gasteiger partial charge on any atom is -0.381 e. The predicted octanol–water partition coefficient (Wildman–Crippen LogP) is 2.82. The van der Waals surface area contributed by atoms with Gasteiger partial charge in [-0.05, 0) is 50.0 Å². The standard InChI is InChI=1S/C22H30N2O2/c25-21(22(10-11-22)18-4-2-1-3-5-18)23-15-20(16-23)24(14-17-6-7-17)19-8-12-26-13-9-19/h1-5,17,19-20H,6-16H2. The summed E-state index contributed by atoms with van der Waals surface area (Å²) in [7, 11) is 0. The minimum absolute atomic E-state index is 0.202. The maximum atomic E-state index is 13.2. The van der Waals surface area contributed by atoms with Crippen LogP contribution in [0.1, 0.15) is 44.1 Å². The summed E-state index contributed by atoms with van der Waals surface area (Å²) in [5, 5.41) is 0. The molecule has 5 rings (SSSR count). The third-order valence-electron chi connectivity index (χ3n) is 6.93. The Balaban J connectivity index is 1.23. The fourth-order valence-electron chi connectivity index (χ4n) is 4.85. The van der Waals surface area contributed by atoms with Crippen LogP contribution in [0.2, 0.25) is 0 Å². The van der Waals surface area contributed by atoms with Gasteiger partial charge in [-0.25, -0.2) is 0 Å². The molecule has 140 valence electrons. The molecule has 2 aliphatic heterocycles. The monoisotopic (exact) mass is 354 g/mol. The molecule has 0 unspecified atom stereocenters. The third kappa shape index (κ3) is 3.07. The summed E-state index contributed by atoms with van der Waals surface area (Å²) in [5.74, 6) is 1.28. The van der Waals surface area contributed by atoms with E-state index < -0.39 is 0 Å². The third-order valence-corrected chi connectivity index (χ3v) is 6.93. The van der Waals surface area contributed by atoms with Gasteiger partial charge in [0.25, 0.3) is 0 Å². The van der Waals surface area contributed by atoms with Crippen molar-refractivity contribution in [3.8, 4) is 0 Å². The average Bonchev–Trinajstić information content (AvgIpc) is 3.55. The number of nitrogens with zero attached hydrogens (tertiary/aromatic N) is 2. The highest BCUT2D eigenvalue weighted by Gasteiger charge is 2.55. The Labute approximate surface area is 156 Å². The molecule has 1 aromatic rings. The van der Waals surface area contributed by atoms with Gasteiger partial charge in [-0.3, -0.25) is 9.69 Å². The number of amides is 1. The molecule has 2 saturated carbocycles. The molecule has 26 heavy (non-hydrogen) atoms. The Morgan fingerprint density at radius 2 is 1.73 bits per heavy atom. The van der Waals surface area contributed by atoms with E-state index in [1.165, 1.54) is 24.9 Å². The van der Waals surface area contributed by atoms with Crippen LogP contribution >= 0.6 is 0 Å². The first kappa shape index (κ1) is 16.8. The normalized spacial score (nSPS) is 26.0. The first-order valence-corrected chi connectivity index (χ1v) is 10.4. The molecule has 0 radical (unpaired) electrons. The topological polar surface area (TPSA) is 32.8 Å². The summed E-state index contributed by atoms with van der Waals surface area (Å²) in [6.45, 7) is 4.90. The second kappa shape index (κ2) is 6.65. The maximum absolute atomic E-state index is 13.2. The van der Waals surface area contributed by atoms with Gasteiger partial charge in [-0.1, -0.05) is 30.3 Å². The number of ether oxygens (including phenoxy) is 1. The van der Waals surface area contributed by atoms with Gasteiger partial charge in [0.2, 0.25) is 5.91 Å². The van der Waals surface area contributed by atoms with Gasteiger partial charge in [0, 0.05) is 44.9 Å². The van der Waals surface area contributed by atoms with Crippen molar-refractivity contribution in [2.24, 2.45) is 5.92 Å². The van der Waals surface area contributed by atoms with Crippen molar-refractivity contribution >= 4 is 5.91 Å². The lowest BCUT2D eigenvalue weighted by molar-refractivity contribution is -0.143. The minimum atomic E-state index is -0.202. The molecule has 0 aromatic heterocycles. The van der Waals surface area contributed by atoms with Crippen LogP contribution in [0.15, 0.2) is 30.3 Å². The molecule has 2 aliphatic carbocycles. The van der Waals surface area contributed by atoms with Gasteiger partial charge in [0.15, 0.2) is 0 Å². The van der Waals surface area contributed by atoms with Crippen LogP contribution in [0, 0.1) is 5.92 Å². The number of carbonyl (C=O) groups is 1. The largest absolute Gasteiger partial charge is 0.381 e. The summed E-state index contributed by atoms with van der Waals surface area (Å²) in [4.78, 5) is 18.0. The van der Waals surface area contributed by atoms with Crippen LogP contribution in [0.5, 0.6) is 0 Å². The van der Waals surface area contributed by atoms with Crippen LogP contribution in [-0.4, -0.2) is 60.6 Å². The number of likely N-dealkylation sites (tertiary alicyclic amines) is 1. The molecule has 0 N–H and O–H groups in total. The Morgan fingerprint density at radius 3 is 2.35 bits per heavy atom. The molecule has 4 heteroatoms. The second-order valence-electron chi connectivity index (χ2n) is 8.80. The van der Waals surface area contributed by atoms with E-state index in [2.05, 4.69) is 34.1 Å². The first-order chi connectivity index (χ1) is 12.8. The predicted molar refractivity (Wildman–Crippen MR) is 101 cm³/mol. The molecule has 4 nitrogen and oxygen atoms in total. The van der Waals surface area contributed by atoms with Crippen LogP contribution in [-0.2, 0) is 14.9 Å². The highest BCUT2D eigenvalue weighted by molar-refractivity contribution is 5.92. The zero-order chi connectivity index (χ0) is 17.6. The summed E-state index contributed by atoms with van der Waals surface area (Å²) in [5.41, 5.74) is 1.01. The van der Waals surface area contributed by atoms with Gasteiger partial charge < -0.3 is 9.64 Å². The Morgan fingerprint density at radius 1 is 1.04 bits per heavy atom. The average molecular weight is 354 g/mol. The smallest absolute Gasteiger partial charge is 0.233 e. The van der Waals surface area contributed by atoms with Crippen molar-refractivity contribution in [1.29, 1.82) is 0 Å². The molecule has 2 heterocycles. The zero-order valence-electron chi connectivity index (χ0n) is 15.6. The van der Waals surface area contributed by atoms with Gasteiger partial charge in [-0.2, -0.15) is 0 Å². The highest BCUT2D eigenvalue weighted by Crippen LogP contribution is 2.50. The van der Waals surface area contributed by atoms with Crippen molar-refractivity contribution in [3.05, 3.63) is 35.9 Å². The Bertz CT molecular complexity index is 641. The van der Waals surface area contributed by atoms with Crippen molar-refractivity contribution in [1.82, 2.24) is 9.80 Å². The van der Waals surface area contributed by atoms with Gasteiger partial charge in [0.05, 0.1) is 5.41 Å². The summed E-state index contributed by atoms with van der Waals surface area (Å²) >= 11 is 0. The summed E-state index contributed by atoms with van der Waals surface area (Å²) < 4.78 is 5.57. The van der Waals surface area contributed by atoms with E-state index >= 15 is 0 Å². The van der Waals surface area contributed by atoms with Crippen molar-refractivity contribution in [2.75, 3.05) is 32.8 Å². The van der Waals surface area contributed by atoms with E-state index in [9.17, 15) is 4.79 Å². The van der Waals surface area contributed by atoms with Crippen LogP contribution in [0.25, 0.3) is 0 Å². The number of benzene rings is 1. The molecule has 1 aromatic carbocycles. The summed E-state index contributed by atoms with van der Waals surface area (Å²) in [6.07, 6.45) is 7.14. The van der Waals surface area contributed by atoms with E-state index in [0.29, 0.717) is 18.0 Å². The van der Waals surface area contributed by atoms with E-state index in [1.54, 1.807) is 0 Å². The van der Waals surface area contributed by atoms with E-state index in [0.717, 1.165) is 57.9 Å². The fourth-order valence-corrected chi connectivity index (χ4v) is 4.85. The van der Waals surface area contributed by atoms with Crippen LogP contribution in [0.4, 0.5) is 0 Å². The van der Waals surface area contributed by atoms with Gasteiger partial charge in [0.1, 0.15) is 0 Å². The highest BCUT2D eigenvalue weighted by atomic mass is 16.5. The number of carbonyl (C=O) groups excluding carboxylic acids is 1. The zero-order valence-corrected chi connectivity index (χ0v) is 15.6.